The lowest BCUT2D eigenvalue weighted by molar-refractivity contribution is -0.129. The molecule has 2 amide bonds. The number of likely N-dealkylation sites (tertiary alicyclic amines) is 1. The zero-order chi connectivity index (χ0) is 20.5. The summed E-state index contributed by atoms with van der Waals surface area (Å²) in [4.78, 5) is 38.0. The fourth-order valence-electron chi connectivity index (χ4n) is 3.65. The zero-order valence-corrected chi connectivity index (χ0v) is 16.6. The Kier molecular flexibility index (Phi) is 5.08. The Morgan fingerprint density at radius 3 is 2.79 bits per heavy atom. The standard InChI is InChI=1S/C21H24N4O4/c1-13(14-5-7-18-15(10-14)4-3-9-29-18)22-20(27)16-11-25(12-16)21(28)17-6-8-19(26)24(2)23-17/h5-8,10,13,16H,3-4,9,11-12H2,1-2H3,(H,22,27). The number of hydrogen-bond acceptors (Lipinski definition) is 5. The predicted octanol–water partition coefficient (Wildman–Crippen LogP) is 1.05. The smallest absolute Gasteiger partial charge is 0.274 e. The van der Waals surface area contributed by atoms with Gasteiger partial charge in [0.05, 0.1) is 18.6 Å². The molecule has 2 aliphatic heterocycles. The number of ether oxygens (including phenoxy) is 1. The quantitative estimate of drug-likeness (QED) is 0.834. The fraction of sp³-hybridized carbons (Fsp3) is 0.429. The van der Waals surface area contributed by atoms with E-state index in [1.165, 1.54) is 24.7 Å². The van der Waals surface area contributed by atoms with Crippen LogP contribution in [-0.4, -0.2) is 46.2 Å². The van der Waals surface area contributed by atoms with Gasteiger partial charge in [-0.15, -0.1) is 0 Å². The lowest BCUT2D eigenvalue weighted by Gasteiger charge is -2.38. The first-order chi connectivity index (χ1) is 13.9. The predicted molar refractivity (Wildman–Crippen MR) is 106 cm³/mol. The molecule has 0 bridgehead atoms. The van der Waals surface area contributed by atoms with Gasteiger partial charge in [-0.1, -0.05) is 12.1 Å². The van der Waals surface area contributed by atoms with Crippen LogP contribution in [0.25, 0.3) is 0 Å². The monoisotopic (exact) mass is 396 g/mol. The Hall–Kier alpha value is -3.16. The highest BCUT2D eigenvalue weighted by atomic mass is 16.5. The molecule has 3 heterocycles. The minimum Gasteiger partial charge on any atom is -0.493 e. The summed E-state index contributed by atoms with van der Waals surface area (Å²) in [7, 11) is 1.50. The van der Waals surface area contributed by atoms with Gasteiger partial charge < -0.3 is 15.0 Å². The molecule has 29 heavy (non-hydrogen) atoms. The summed E-state index contributed by atoms with van der Waals surface area (Å²) in [6.45, 7) is 3.41. The van der Waals surface area contributed by atoms with Crippen molar-refractivity contribution >= 4 is 11.8 Å². The molecule has 1 aromatic heterocycles. The summed E-state index contributed by atoms with van der Waals surface area (Å²) < 4.78 is 6.77. The van der Waals surface area contributed by atoms with E-state index in [0.29, 0.717) is 13.1 Å². The average Bonchev–Trinajstić information content (AvgIpc) is 2.68. The molecule has 1 saturated heterocycles. The molecule has 0 saturated carbocycles. The molecular formula is C21H24N4O4. The van der Waals surface area contributed by atoms with Gasteiger partial charge in [0.1, 0.15) is 11.4 Å². The molecule has 0 radical (unpaired) electrons. The first kappa shape index (κ1) is 19.2. The van der Waals surface area contributed by atoms with E-state index in [1.54, 1.807) is 4.90 Å². The van der Waals surface area contributed by atoms with Crippen LogP contribution in [0.1, 0.15) is 41.0 Å². The van der Waals surface area contributed by atoms with Crippen LogP contribution in [0.4, 0.5) is 0 Å². The van der Waals surface area contributed by atoms with Crippen LogP contribution >= 0.6 is 0 Å². The van der Waals surface area contributed by atoms with E-state index in [1.807, 2.05) is 19.1 Å². The van der Waals surface area contributed by atoms with E-state index in [4.69, 9.17) is 4.74 Å². The third-order valence-corrected chi connectivity index (χ3v) is 5.51. The lowest BCUT2D eigenvalue weighted by Crippen LogP contribution is -2.56. The minimum absolute atomic E-state index is 0.0658. The molecule has 0 aliphatic carbocycles. The molecule has 1 fully saturated rings. The minimum atomic E-state index is -0.273. The number of nitrogens with one attached hydrogen (secondary N) is 1. The number of fused-ring (bicyclic) bond motifs is 1. The summed E-state index contributed by atoms with van der Waals surface area (Å²) >= 11 is 0. The maximum Gasteiger partial charge on any atom is 0.274 e. The van der Waals surface area contributed by atoms with Crippen molar-refractivity contribution in [3.63, 3.8) is 0 Å². The number of benzene rings is 1. The van der Waals surface area contributed by atoms with E-state index < -0.39 is 0 Å². The van der Waals surface area contributed by atoms with Crippen LogP contribution < -0.4 is 15.6 Å². The number of carbonyl (C=O) groups is 2. The van der Waals surface area contributed by atoms with Gasteiger partial charge in [-0.2, -0.15) is 5.10 Å². The molecule has 2 aliphatic rings. The Morgan fingerprint density at radius 2 is 2.03 bits per heavy atom. The number of rotatable bonds is 4. The van der Waals surface area contributed by atoms with Gasteiger partial charge in [0.2, 0.25) is 5.91 Å². The highest BCUT2D eigenvalue weighted by Gasteiger charge is 2.37. The van der Waals surface area contributed by atoms with Gasteiger partial charge in [0, 0.05) is 26.2 Å². The second-order valence-electron chi connectivity index (χ2n) is 7.64. The number of aromatic nitrogens is 2. The van der Waals surface area contributed by atoms with Crippen LogP contribution in [-0.2, 0) is 18.3 Å². The number of hydrogen-bond donors (Lipinski definition) is 1. The molecule has 1 aromatic carbocycles. The van der Waals surface area contributed by atoms with Crippen LogP contribution in [0, 0.1) is 5.92 Å². The molecule has 1 N–H and O–H groups in total. The zero-order valence-electron chi connectivity index (χ0n) is 16.6. The molecule has 8 heteroatoms. The fourth-order valence-corrected chi connectivity index (χ4v) is 3.65. The van der Waals surface area contributed by atoms with Crippen LogP contribution in [0.3, 0.4) is 0 Å². The maximum absolute atomic E-state index is 12.6. The lowest BCUT2D eigenvalue weighted by atomic mass is 9.96. The highest BCUT2D eigenvalue weighted by Crippen LogP contribution is 2.28. The number of aryl methyl sites for hydroxylation is 2. The van der Waals surface area contributed by atoms with Gasteiger partial charge >= 0.3 is 0 Å². The summed E-state index contributed by atoms with van der Waals surface area (Å²) in [5.74, 6) is 0.352. The molecule has 0 spiro atoms. The second kappa shape index (κ2) is 7.69. The van der Waals surface area contributed by atoms with Crippen LogP contribution in [0.5, 0.6) is 5.75 Å². The van der Waals surface area contributed by atoms with Crippen molar-refractivity contribution in [3.05, 3.63) is 57.5 Å². The Morgan fingerprint density at radius 1 is 1.24 bits per heavy atom. The largest absolute Gasteiger partial charge is 0.493 e. The number of nitrogens with zero attached hydrogens (tertiary/aromatic N) is 3. The first-order valence-electron chi connectivity index (χ1n) is 9.82. The average molecular weight is 396 g/mol. The van der Waals surface area contributed by atoms with Gasteiger partial charge in [-0.05, 0) is 43.0 Å². The Bertz CT molecular complexity index is 1010. The highest BCUT2D eigenvalue weighted by molar-refractivity contribution is 5.94. The van der Waals surface area contributed by atoms with E-state index in [-0.39, 0.29) is 35.0 Å². The van der Waals surface area contributed by atoms with Gasteiger partial charge in [0.25, 0.3) is 11.5 Å². The Balaban J connectivity index is 1.33. The van der Waals surface area contributed by atoms with E-state index >= 15 is 0 Å². The van der Waals surface area contributed by atoms with E-state index in [0.717, 1.165) is 35.4 Å². The molecule has 152 valence electrons. The van der Waals surface area contributed by atoms with Gasteiger partial charge in [-0.3, -0.25) is 14.4 Å². The van der Waals surface area contributed by atoms with Crippen molar-refractivity contribution in [1.29, 1.82) is 0 Å². The molecular weight excluding hydrogens is 372 g/mol. The van der Waals surface area contributed by atoms with Crippen LogP contribution in [0.15, 0.2) is 35.1 Å². The van der Waals surface area contributed by atoms with Gasteiger partial charge in [0.15, 0.2) is 0 Å². The third-order valence-electron chi connectivity index (χ3n) is 5.51. The number of carbonyl (C=O) groups excluding carboxylic acids is 2. The van der Waals surface area contributed by atoms with Crippen molar-refractivity contribution in [3.8, 4) is 5.75 Å². The molecule has 1 atom stereocenters. The topological polar surface area (TPSA) is 93.5 Å². The Labute approximate surface area is 168 Å². The maximum atomic E-state index is 12.6. The second-order valence-corrected chi connectivity index (χ2v) is 7.64. The van der Waals surface area contributed by atoms with Crippen molar-refractivity contribution in [2.75, 3.05) is 19.7 Å². The normalized spacial score (nSPS) is 17.0. The van der Waals surface area contributed by atoms with Crippen molar-refractivity contribution < 1.29 is 14.3 Å². The summed E-state index contributed by atoms with van der Waals surface area (Å²) in [5.41, 5.74) is 2.16. The summed E-state index contributed by atoms with van der Waals surface area (Å²) in [6, 6.07) is 8.66. The SMILES string of the molecule is CC(NC(=O)C1CN(C(=O)c2ccc(=O)n(C)n2)C1)c1ccc2c(c1)CCCO2. The van der Waals surface area contributed by atoms with Crippen molar-refractivity contribution in [2.45, 2.75) is 25.8 Å². The summed E-state index contributed by atoms with van der Waals surface area (Å²) in [6.07, 6.45) is 2.00. The van der Waals surface area contributed by atoms with Crippen molar-refractivity contribution in [2.24, 2.45) is 13.0 Å². The summed E-state index contributed by atoms with van der Waals surface area (Å²) in [5, 5.41) is 7.01. The van der Waals surface area contributed by atoms with Crippen LogP contribution in [0.2, 0.25) is 0 Å². The molecule has 8 nitrogen and oxygen atoms in total. The third kappa shape index (κ3) is 3.87. The van der Waals surface area contributed by atoms with E-state index in [2.05, 4.69) is 16.5 Å². The first-order valence-corrected chi connectivity index (χ1v) is 9.82. The van der Waals surface area contributed by atoms with Crippen molar-refractivity contribution in [1.82, 2.24) is 20.0 Å². The number of amides is 2. The van der Waals surface area contributed by atoms with E-state index in [9.17, 15) is 14.4 Å². The molecule has 2 aromatic rings. The molecule has 1 unspecified atom stereocenters. The molecule has 4 rings (SSSR count). The van der Waals surface area contributed by atoms with Gasteiger partial charge in [-0.25, -0.2) is 4.68 Å².